The number of amides is 3. The highest BCUT2D eigenvalue weighted by atomic mass is 35.5. The number of fused-ring (bicyclic) bond motifs is 9. The summed E-state index contributed by atoms with van der Waals surface area (Å²) in [7, 11) is 0. The number of imide groups is 1. The SMILES string of the molecule is CCOC(=O)c1ccc(NC(=O)Cn2c3c(sc2=O)C(c2ccc(Cl)cc2)C2C4CC(C2S3)C2C(=O)N(c3ccc(C)cc3)C(=O)C42)cc1. The van der Waals surface area contributed by atoms with E-state index in [1.807, 2.05) is 55.5 Å². The molecular weight excluding hydrogens is 682 g/mol. The molecule has 3 aromatic carbocycles. The van der Waals surface area contributed by atoms with Gasteiger partial charge in [-0.2, -0.15) is 0 Å². The van der Waals surface area contributed by atoms with Gasteiger partial charge in [0.05, 0.1) is 34.7 Å². The lowest BCUT2D eigenvalue weighted by molar-refractivity contribution is -0.123. The fourth-order valence-corrected chi connectivity index (χ4v) is 11.8. The Kier molecular flexibility index (Phi) is 8.04. The average Bonchev–Trinajstić information content (AvgIpc) is 3.81. The number of halogens is 1. The third-order valence-corrected chi connectivity index (χ3v) is 13.5. The van der Waals surface area contributed by atoms with E-state index in [2.05, 4.69) is 5.32 Å². The number of nitrogens with zero attached hydrogens (tertiary/aromatic N) is 2. The van der Waals surface area contributed by atoms with Crippen molar-refractivity contribution in [2.24, 2.45) is 29.6 Å². The summed E-state index contributed by atoms with van der Waals surface area (Å²) in [6.07, 6.45) is 0.766. The normalized spacial score (nSPS) is 26.3. The Morgan fingerprint density at radius 2 is 1.59 bits per heavy atom. The Hall–Kier alpha value is -4.19. The molecule has 3 heterocycles. The molecular formula is C37H32ClN3O6S2. The van der Waals surface area contributed by atoms with Crippen LogP contribution in [0.3, 0.4) is 0 Å². The lowest BCUT2D eigenvalue weighted by atomic mass is 9.68. The number of aryl methyl sites for hydroxylation is 1. The number of rotatable bonds is 7. The summed E-state index contributed by atoms with van der Waals surface area (Å²) in [4.78, 5) is 69.1. The predicted molar refractivity (Wildman–Crippen MR) is 188 cm³/mol. The van der Waals surface area contributed by atoms with Gasteiger partial charge in [0.2, 0.25) is 17.7 Å². The first-order chi connectivity index (χ1) is 23.6. The number of hydrogen-bond donors (Lipinski definition) is 1. The minimum absolute atomic E-state index is 0.0205. The van der Waals surface area contributed by atoms with E-state index in [1.165, 1.54) is 9.47 Å². The Morgan fingerprint density at radius 3 is 2.27 bits per heavy atom. The highest BCUT2D eigenvalue weighted by molar-refractivity contribution is 8.00. The molecule has 250 valence electrons. The molecule has 3 fully saturated rings. The molecule has 0 radical (unpaired) electrons. The van der Waals surface area contributed by atoms with Crippen LogP contribution < -0.4 is 15.1 Å². The van der Waals surface area contributed by atoms with Crippen molar-refractivity contribution in [1.82, 2.24) is 4.57 Å². The standard InChI is InChI=1S/C37H32ClN3O6S2/c1-3-47-36(45)20-8-12-22(13-9-20)39-26(42)17-40-35-32(49-37(40)46)27(19-6-10-21(38)11-7-19)28-24-16-25(31(28)48-35)30-29(24)33(43)41(34(30)44)23-14-4-18(2)5-15-23/h4-15,24-25,27-31H,3,16-17H2,1-2H3,(H,39,42). The summed E-state index contributed by atoms with van der Waals surface area (Å²) >= 11 is 9.02. The fourth-order valence-electron chi connectivity index (χ4n) is 8.49. The summed E-state index contributed by atoms with van der Waals surface area (Å²) in [5, 5.41) is 4.16. The molecule has 2 aliphatic carbocycles. The zero-order chi connectivity index (χ0) is 34.1. The second-order valence-electron chi connectivity index (χ2n) is 13.1. The van der Waals surface area contributed by atoms with Crippen LogP contribution >= 0.6 is 34.7 Å². The van der Waals surface area contributed by atoms with E-state index in [-0.39, 0.29) is 64.7 Å². The van der Waals surface area contributed by atoms with Crippen molar-refractivity contribution < 1.29 is 23.9 Å². The summed E-state index contributed by atoms with van der Waals surface area (Å²) in [6, 6.07) is 21.5. The fraction of sp³-hybridized carbons (Fsp3) is 0.324. The van der Waals surface area contributed by atoms with Gasteiger partial charge in [-0.1, -0.05) is 52.8 Å². The third-order valence-electron chi connectivity index (χ3n) is 10.5. The van der Waals surface area contributed by atoms with Gasteiger partial charge >= 0.3 is 10.8 Å². The van der Waals surface area contributed by atoms with Gasteiger partial charge in [-0.25, -0.2) is 4.79 Å². The molecule has 2 saturated carbocycles. The third kappa shape index (κ3) is 5.25. The van der Waals surface area contributed by atoms with E-state index in [0.29, 0.717) is 22.0 Å². The lowest BCUT2D eigenvalue weighted by Crippen LogP contribution is -2.43. The molecule has 0 spiro atoms. The summed E-state index contributed by atoms with van der Waals surface area (Å²) in [6.45, 7) is 3.77. The van der Waals surface area contributed by atoms with Crippen LogP contribution in [0.4, 0.5) is 11.4 Å². The van der Waals surface area contributed by atoms with Gasteiger partial charge in [-0.15, -0.1) is 11.8 Å². The molecule has 7 unspecified atom stereocenters. The molecule has 9 nitrogen and oxygen atoms in total. The van der Waals surface area contributed by atoms with Crippen molar-refractivity contribution in [2.45, 2.75) is 43.0 Å². The molecule has 3 amide bonds. The number of ether oxygens (including phenoxy) is 1. The Labute approximate surface area is 295 Å². The molecule has 12 heteroatoms. The van der Waals surface area contributed by atoms with E-state index in [0.717, 1.165) is 38.8 Å². The van der Waals surface area contributed by atoms with Crippen LogP contribution in [0.2, 0.25) is 5.02 Å². The quantitative estimate of drug-likeness (QED) is 0.175. The number of hydrogen-bond acceptors (Lipinski definition) is 8. The van der Waals surface area contributed by atoms with Crippen LogP contribution in [-0.4, -0.2) is 40.1 Å². The summed E-state index contributed by atoms with van der Waals surface area (Å²) in [5.74, 6) is -2.16. The molecule has 8 rings (SSSR count). The lowest BCUT2D eigenvalue weighted by Gasteiger charge is -2.43. The summed E-state index contributed by atoms with van der Waals surface area (Å²) in [5.41, 5.74) is 3.52. The number of carbonyl (C=O) groups is 4. The van der Waals surface area contributed by atoms with Gasteiger partial charge < -0.3 is 10.1 Å². The van der Waals surface area contributed by atoms with E-state index in [9.17, 15) is 24.0 Å². The van der Waals surface area contributed by atoms with Crippen molar-refractivity contribution in [1.29, 1.82) is 0 Å². The smallest absolute Gasteiger partial charge is 0.338 e. The highest BCUT2D eigenvalue weighted by Crippen LogP contribution is 2.69. The van der Waals surface area contributed by atoms with Crippen LogP contribution in [0.5, 0.6) is 0 Å². The second kappa shape index (κ2) is 12.3. The second-order valence-corrected chi connectivity index (χ2v) is 15.7. The topological polar surface area (TPSA) is 115 Å². The van der Waals surface area contributed by atoms with Crippen molar-refractivity contribution in [3.63, 3.8) is 0 Å². The number of thioether (sulfide) groups is 1. The maximum Gasteiger partial charge on any atom is 0.338 e. The zero-order valence-corrected chi connectivity index (χ0v) is 29.0. The van der Waals surface area contributed by atoms with Crippen LogP contribution in [-0.2, 0) is 25.7 Å². The average molecular weight is 714 g/mol. The number of carbonyl (C=O) groups excluding carboxylic acids is 4. The van der Waals surface area contributed by atoms with Crippen LogP contribution in [0.25, 0.3) is 0 Å². The van der Waals surface area contributed by atoms with E-state index in [1.54, 1.807) is 43.0 Å². The predicted octanol–water partition coefficient (Wildman–Crippen LogP) is 6.36. The Morgan fingerprint density at radius 1 is 0.918 bits per heavy atom. The van der Waals surface area contributed by atoms with Crippen molar-refractivity contribution >= 4 is 69.8 Å². The van der Waals surface area contributed by atoms with Gasteiger partial charge in [0.1, 0.15) is 6.54 Å². The molecule has 4 aromatic rings. The van der Waals surface area contributed by atoms with Gasteiger partial charge in [-0.3, -0.25) is 28.6 Å². The van der Waals surface area contributed by atoms with Gasteiger partial charge in [0, 0.05) is 26.8 Å². The monoisotopic (exact) mass is 713 g/mol. The van der Waals surface area contributed by atoms with Gasteiger partial charge in [0.15, 0.2) is 0 Å². The van der Waals surface area contributed by atoms with Gasteiger partial charge in [0.25, 0.3) is 0 Å². The number of esters is 1. The first kappa shape index (κ1) is 32.0. The maximum atomic E-state index is 14.1. The first-order valence-electron chi connectivity index (χ1n) is 16.3. The largest absolute Gasteiger partial charge is 0.462 e. The molecule has 2 aliphatic heterocycles. The van der Waals surface area contributed by atoms with Crippen LogP contribution in [0, 0.1) is 36.5 Å². The molecule has 2 bridgehead atoms. The molecule has 4 aliphatic rings. The van der Waals surface area contributed by atoms with Crippen molar-refractivity contribution in [2.75, 3.05) is 16.8 Å². The Balaban J connectivity index is 1.12. The minimum Gasteiger partial charge on any atom is -0.462 e. The first-order valence-corrected chi connectivity index (χ1v) is 18.4. The number of anilines is 2. The van der Waals surface area contributed by atoms with Crippen molar-refractivity contribution in [3.05, 3.63) is 109 Å². The van der Waals surface area contributed by atoms with Gasteiger partial charge in [-0.05, 0) is 92.1 Å². The molecule has 1 N–H and O–H groups in total. The van der Waals surface area contributed by atoms with Crippen LogP contribution in [0.1, 0.15) is 45.6 Å². The maximum absolute atomic E-state index is 14.1. The van der Waals surface area contributed by atoms with E-state index in [4.69, 9.17) is 16.3 Å². The molecule has 1 saturated heterocycles. The number of benzene rings is 3. The molecule has 1 aromatic heterocycles. The number of thiazole rings is 1. The highest BCUT2D eigenvalue weighted by Gasteiger charge is 2.69. The Bertz CT molecular complexity index is 2060. The van der Waals surface area contributed by atoms with E-state index >= 15 is 0 Å². The zero-order valence-electron chi connectivity index (χ0n) is 26.6. The van der Waals surface area contributed by atoms with Crippen molar-refractivity contribution in [3.8, 4) is 0 Å². The van der Waals surface area contributed by atoms with E-state index < -0.39 is 17.8 Å². The molecule has 49 heavy (non-hydrogen) atoms. The summed E-state index contributed by atoms with van der Waals surface area (Å²) < 4.78 is 6.57. The molecule has 7 atom stereocenters. The number of aromatic nitrogens is 1. The number of nitrogens with one attached hydrogen (secondary N) is 1. The minimum atomic E-state index is -0.444. The van der Waals surface area contributed by atoms with Crippen LogP contribution in [0.15, 0.2) is 82.6 Å².